The summed E-state index contributed by atoms with van der Waals surface area (Å²) in [5, 5.41) is 0. The lowest BCUT2D eigenvalue weighted by atomic mass is 10.1. The molecule has 1 aromatic heterocycles. The summed E-state index contributed by atoms with van der Waals surface area (Å²) in [7, 11) is 0. The zero-order chi connectivity index (χ0) is 19.6. The number of oxazole rings is 1. The molecule has 1 fully saturated rings. The molecular weight excluding hydrogens is 362 g/mol. The molecule has 0 spiro atoms. The predicted octanol–water partition coefficient (Wildman–Crippen LogP) is 3.90. The molecule has 0 atom stereocenters. The standard InChI is InChI=1S/C24H27N3O2/c1-18-2-5-20(6-3-18)24-25-22(17-29-24)16-27-11-9-26(10-12-27)15-19-4-7-23-21(14-19)8-13-28-23/h2-7,14,17H,8-13,15-16H2,1H3. The van der Waals surface area contributed by atoms with E-state index in [1.807, 2.05) is 0 Å². The molecule has 29 heavy (non-hydrogen) atoms. The summed E-state index contributed by atoms with van der Waals surface area (Å²) in [4.78, 5) is 9.69. The zero-order valence-corrected chi connectivity index (χ0v) is 16.9. The van der Waals surface area contributed by atoms with Crippen LogP contribution in [0, 0.1) is 6.92 Å². The Morgan fingerprint density at radius 1 is 0.931 bits per heavy atom. The summed E-state index contributed by atoms with van der Waals surface area (Å²) in [6, 6.07) is 15.0. The predicted molar refractivity (Wildman–Crippen MR) is 113 cm³/mol. The summed E-state index contributed by atoms with van der Waals surface area (Å²) in [6.07, 6.45) is 2.84. The van der Waals surface area contributed by atoms with Gasteiger partial charge in [0.25, 0.3) is 0 Å². The molecule has 5 rings (SSSR count). The van der Waals surface area contributed by atoms with E-state index in [1.165, 1.54) is 16.7 Å². The molecule has 2 aromatic carbocycles. The minimum absolute atomic E-state index is 0.708. The summed E-state index contributed by atoms with van der Waals surface area (Å²) < 4.78 is 11.3. The minimum atomic E-state index is 0.708. The van der Waals surface area contributed by atoms with Crippen LogP contribution in [0.4, 0.5) is 0 Å². The van der Waals surface area contributed by atoms with Gasteiger partial charge < -0.3 is 9.15 Å². The maximum absolute atomic E-state index is 5.71. The molecule has 0 bridgehead atoms. The van der Waals surface area contributed by atoms with Gasteiger partial charge in [-0.3, -0.25) is 9.80 Å². The Morgan fingerprint density at radius 3 is 2.48 bits per heavy atom. The van der Waals surface area contributed by atoms with Crippen LogP contribution in [0.2, 0.25) is 0 Å². The second-order valence-electron chi connectivity index (χ2n) is 8.10. The maximum atomic E-state index is 5.71. The van der Waals surface area contributed by atoms with E-state index in [1.54, 1.807) is 6.26 Å². The van der Waals surface area contributed by atoms with Gasteiger partial charge in [0.15, 0.2) is 0 Å². The largest absolute Gasteiger partial charge is 0.493 e. The number of hydrogen-bond donors (Lipinski definition) is 0. The fourth-order valence-corrected chi connectivity index (χ4v) is 4.14. The topological polar surface area (TPSA) is 41.7 Å². The van der Waals surface area contributed by atoms with Gasteiger partial charge in [0.1, 0.15) is 12.0 Å². The molecule has 3 aromatic rings. The van der Waals surface area contributed by atoms with E-state index in [-0.39, 0.29) is 0 Å². The normalized spacial score (nSPS) is 17.3. The quantitative estimate of drug-likeness (QED) is 0.662. The van der Waals surface area contributed by atoms with Gasteiger partial charge >= 0.3 is 0 Å². The van der Waals surface area contributed by atoms with Crippen molar-refractivity contribution in [3.05, 3.63) is 71.1 Å². The molecule has 1 saturated heterocycles. The summed E-state index contributed by atoms with van der Waals surface area (Å²) in [5.74, 6) is 1.77. The fourth-order valence-electron chi connectivity index (χ4n) is 4.14. The smallest absolute Gasteiger partial charge is 0.226 e. The first-order valence-corrected chi connectivity index (χ1v) is 10.4. The van der Waals surface area contributed by atoms with Gasteiger partial charge in [-0.25, -0.2) is 4.98 Å². The molecule has 150 valence electrons. The Bertz CT molecular complexity index is 972. The molecule has 5 heteroatoms. The molecule has 0 N–H and O–H groups in total. The van der Waals surface area contributed by atoms with Crippen molar-refractivity contribution in [1.82, 2.24) is 14.8 Å². The lowest BCUT2D eigenvalue weighted by Gasteiger charge is -2.34. The third-order valence-corrected chi connectivity index (χ3v) is 5.86. The Morgan fingerprint density at radius 2 is 1.69 bits per heavy atom. The van der Waals surface area contributed by atoms with Crippen LogP contribution in [-0.4, -0.2) is 47.6 Å². The van der Waals surface area contributed by atoms with Crippen molar-refractivity contribution >= 4 is 0 Å². The van der Waals surface area contributed by atoms with E-state index in [2.05, 4.69) is 59.2 Å². The third kappa shape index (κ3) is 4.21. The number of nitrogens with zero attached hydrogens (tertiary/aromatic N) is 3. The highest BCUT2D eigenvalue weighted by Gasteiger charge is 2.19. The SMILES string of the molecule is Cc1ccc(-c2nc(CN3CCN(Cc4ccc5c(c4)CCO5)CC3)co2)cc1. The van der Waals surface area contributed by atoms with Gasteiger partial charge in [-0.1, -0.05) is 29.8 Å². The van der Waals surface area contributed by atoms with Crippen molar-refractivity contribution in [1.29, 1.82) is 0 Å². The molecule has 0 amide bonds. The van der Waals surface area contributed by atoms with E-state index in [9.17, 15) is 0 Å². The van der Waals surface area contributed by atoms with Gasteiger partial charge in [0.05, 0.1) is 12.3 Å². The second-order valence-corrected chi connectivity index (χ2v) is 8.10. The van der Waals surface area contributed by atoms with Gasteiger partial charge in [-0.15, -0.1) is 0 Å². The first-order chi connectivity index (χ1) is 14.2. The summed E-state index contributed by atoms with van der Waals surface area (Å²) >= 11 is 0. The Balaban J connectivity index is 1.14. The first-order valence-electron chi connectivity index (χ1n) is 10.4. The van der Waals surface area contributed by atoms with Crippen LogP contribution in [0.25, 0.3) is 11.5 Å². The number of aromatic nitrogens is 1. The van der Waals surface area contributed by atoms with Crippen molar-refractivity contribution in [2.45, 2.75) is 26.4 Å². The average molecular weight is 389 g/mol. The number of piperazine rings is 1. The molecule has 0 saturated carbocycles. The lowest BCUT2D eigenvalue weighted by Crippen LogP contribution is -2.45. The van der Waals surface area contributed by atoms with Gasteiger partial charge in [-0.2, -0.15) is 0 Å². The highest BCUT2D eigenvalue weighted by Crippen LogP contribution is 2.26. The summed E-state index contributed by atoms with van der Waals surface area (Å²) in [5.41, 5.74) is 6.03. The van der Waals surface area contributed by atoms with Gasteiger partial charge in [0, 0.05) is 51.3 Å². The van der Waals surface area contributed by atoms with Crippen molar-refractivity contribution in [2.24, 2.45) is 0 Å². The Kier molecular flexibility index (Phi) is 5.08. The second kappa shape index (κ2) is 8.01. The molecule has 2 aliphatic rings. The maximum Gasteiger partial charge on any atom is 0.226 e. The van der Waals surface area contributed by atoms with Crippen molar-refractivity contribution in [3.8, 4) is 17.2 Å². The van der Waals surface area contributed by atoms with E-state index in [0.29, 0.717) is 5.89 Å². The molecular formula is C24H27N3O2. The van der Waals surface area contributed by atoms with Crippen molar-refractivity contribution in [3.63, 3.8) is 0 Å². The fraction of sp³-hybridized carbons (Fsp3) is 0.375. The van der Waals surface area contributed by atoms with Gasteiger partial charge in [0.2, 0.25) is 5.89 Å². The average Bonchev–Trinajstić information content (AvgIpc) is 3.39. The number of benzene rings is 2. The molecule has 0 unspecified atom stereocenters. The number of rotatable bonds is 5. The van der Waals surface area contributed by atoms with Crippen LogP contribution in [0.3, 0.4) is 0 Å². The van der Waals surface area contributed by atoms with Crippen LogP contribution in [0.1, 0.15) is 22.4 Å². The van der Waals surface area contributed by atoms with Crippen LogP contribution < -0.4 is 4.74 Å². The van der Waals surface area contributed by atoms with E-state index in [4.69, 9.17) is 14.1 Å². The van der Waals surface area contributed by atoms with Crippen LogP contribution >= 0.6 is 0 Å². The number of aryl methyl sites for hydroxylation is 1. The molecule has 5 nitrogen and oxygen atoms in total. The van der Waals surface area contributed by atoms with Crippen LogP contribution in [0.5, 0.6) is 5.75 Å². The van der Waals surface area contributed by atoms with Crippen LogP contribution in [0.15, 0.2) is 53.1 Å². The Labute approximate surface area is 171 Å². The highest BCUT2D eigenvalue weighted by atomic mass is 16.5. The monoisotopic (exact) mass is 389 g/mol. The number of hydrogen-bond acceptors (Lipinski definition) is 5. The van der Waals surface area contributed by atoms with Crippen molar-refractivity contribution < 1.29 is 9.15 Å². The van der Waals surface area contributed by atoms with E-state index < -0.39 is 0 Å². The highest BCUT2D eigenvalue weighted by molar-refractivity contribution is 5.53. The number of fused-ring (bicyclic) bond motifs is 1. The summed E-state index contributed by atoms with van der Waals surface area (Å²) in [6.45, 7) is 9.05. The number of ether oxygens (including phenoxy) is 1. The third-order valence-electron chi connectivity index (χ3n) is 5.86. The van der Waals surface area contributed by atoms with E-state index in [0.717, 1.165) is 69.3 Å². The molecule has 0 aliphatic carbocycles. The molecule has 3 heterocycles. The first kappa shape index (κ1) is 18.4. The molecule has 2 aliphatic heterocycles. The van der Waals surface area contributed by atoms with E-state index >= 15 is 0 Å². The zero-order valence-electron chi connectivity index (χ0n) is 16.9. The van der Waals surface area contributed by atoms with Crippen LogP contribution in [-0.2, 0) is 19.5 Å². The lowest BCUT2D eigenvalue weighted by molar-refractivity contribution is 0.121. The van der Waals surface area contributed by atoms with Crippen molar-refractivity contribution in [2.75, 3.05) is 32.8 Å². The molecule has 0 radical (unpaired) electrons. The van der Waals surface area contributed by atoms with Gasteiger partial charge in [-0.05, 0) is 36.2 Å². The minimum Gasteiger partial charge on any atom is -0.493 e. The Hall–Kier alpha value is -2.63.